The number of benzene rings is 2. The molecule has 1 aliphatic heterocycles. The third-order valence-electron chi connectivity index (χ3n) is 9.81. The van der Waals surface area contributed by atoms with Crippen molar-refractivity contribution in [3.05, 3.63) is 75.0 Å². The van der Waals surface area contributed by atoms with Gasteiger partial charge >= 0.3 is 0 Å². The largest absolute Gasteiger partial charge is 0.345 e. The van der Waals surface area contributed by atoms with Crippen LogP contribution >= 0.6 is 23.2 Å². The van der Waals surface area contributed by atoms with Crippen LogP contribution < -0.4 is 5.32 Å². The first kappa shape index (κ1) is 33.1. The van der Waals surface area contributed by atoms with Gasteiger partial charge in [-0.2, -0.15) is 5.21 Å². The topological polar surface area (TPSA) is 116 Å². The monoisotopic (exact) mass is 651 g/mol. The molecule has 0 radical (unpaired) electrons. The number of amides is 2. The minimum atomic E-state index is -0.663. The van der Waals surface area contributed by atoms with E-state index < -0.39 is 5.66 Å². The van der Waals surface area contributed by atoms with Gasteiger partial charge < -0.3 is 10.2 Å². The summed E-state index contributed by atoms with van der Waals surface area (Å²) in [6.45, 7) is 11.5. The molecule has 1 aliphatic carbocycles. The summed E-state index contributed by atoms with van der Waals surface area (Å²) in [4.78, 5) is 34.8. The predicted molar refractivity (Wildman–Crippen MR) is 177 cm³/mol. The molecule has 9 nitrogen and oxygen atoms in total. The summed E-state index contributed by atoms with van der Waals surface area (Å²) in [6.07, 6.45) is 6.38. The van der Waals surface area contributed by atoms with E-state index in [4.69, 9.17) is 28.2 Å². The second-order valence-corrected chi connectivity index (χ2v) is 14.4. The molecule has 2 heterocycles. The lowest BCUT2D eigenvalue weighted by Crippen LogP contribution is -2.51. The second-order valence-electron chi connectivity index (χ2n) is 13.5. The molecule has 3 aromatic rings. The first-order chi connectivity index (χ1) is 21.4. The van der Waals surface area contributed by atoms with E-state index in [0.29, 0.717) is 44.5 Å². The van der Waals surface area contributed by atoms with Crippen molar-refractivity contribution >= 4 is 40.7 Å². The Labute approximate surface area is 275 Å². The van der Waals surface area contributed by atoms with Crippen LogP contribution in [0, 0.1) is 17.3 Å². The first-order valence-electron chi connectivity index (χ1n) is 15.9. The minimum absolute atomic E-state index is 0.0998. The van der Waals surface area contributed by atoms with E-state index in [2.05, 4.69) is 65.5 Å². The Hall–Kier alpha value is -3.30. The third kappa shape index (κ3) is 7.25. The maximum atomic E-state index is 14.6. The molecule has 1 saturated carbocycles. The highest BCUT2D eigenvalue weighted by atomic mass is 35.5. The van der Waals surface area contributed by atoms with Gasteiger partial charge in [-0.3, -0.25) is 14.6 Å². The molecule has 240 valence electrons. The number of aliphatic imine (C=N–C) groups is 1. The number of carbonyl (C=O) groups excluding carboxylic acids is 2. The van der Waals surface area contributed by atoms with Crippen LogP contribution in [0.1, 0.15) is 113 Å². The summed E-state index contributed by atoms with van der Waals surface area (Å²) >= 11 is 12.8. The Morgan fingerprint density at radius 3 is 2.33 bits per heavy atom. The number of tetrazole rings is 1. The maximum Gasteiger partial charge on any atom is 0.275 e. The van der Waals surface area contributed by atoms with Crippen LogP contribution in [0.2, 0.25) is 10.0 Å². The number of aromatic amines is 1. The fourth-order valence-electron chi connectivity index (χ4n) is 6.74. The Kier molecular flexibility index (Phi) is 9.99. The van der Waals surface area contributed by atoms with Gasteiger partial charge in [0.05, 0.1) is 12.6 Å². The van der Waals surface area contributed by atoms with Crippen LogP contribution in [0.4, 0.5) is 0 Å². The van der Waals surface area contributed by atoms with E-state index in [9.17, 15) is 9.59 Å². The van der Waals surface area contributed by atoms with Crippen molar-refractivity contribution in [2.24, 2.45) is 22.2 Å². The van der Waals surface area contributed by atoms with E-state index in [-0.39, 0.29) is 29.8 Å². The summed E-state index contributed by atoms with van der Waals surface area (Å²) in [5.74, 6) is 1.07. The zero-order valence-corrected chi connectivity index (χ0v) is 28.3. The van der Waals surface area contributed by atoms with Crippen LogP contribution in [0.3, 0.4) is 0 Å². The van der Waals surface area contributed by atoms with E-state index in [1.807, 2.05) is 24.3 Å². The van der Waals surface area contributed by atoms with Gasteiger partial charge in [0.1, 0.15) is 11.4 Å². The Balaban J connectivity index is 1.49. The quantitative estimate of drug-likeness (QED) is 0.222. The molecular weight excluding hydrogens is 609 g/mol. The molecule has 2 amide bonds. The zero-order valence-electron chi connectivity index (χ0n) is 26.7. The van der Waals surface area contributed by atoms with Crippen molar-refractivity contribution in [2.75, 3.05) is 0 Å². The van der Waals surface area contributed by atoms with Crippen molar-refractivity contribution < 1.29 is 9.59 Å². The Bertz CT molecular complexity index is 1510. The average Bonchev–Trinajstić information content (AvgIpc) is 3.63. The van der Waals surface area contributed by atoms with E-state index >= 15 is 0 Å². The summed E-state index contributed by atoms with van der Waals surface area (Å²) in [5.41, 5.74) is 2.12. The molecule has 45 heavy (non-hydrogen) atoms. The molecule has 0 bridgehead atoms. The highest BCUT2D eigenvalue weighted by Gasteiger charge is 2.53. The Morgan fingerprint density at radius 1 is 1.09 bits per heavy atom. The number of carbonyl (C=O) groups is 2. The molecule has 2 aliphatic rings. The fraction of sp³-hybridized carbons (Fsp3) is 0.529. The second kappa shape index (κ2) is 13.6. The smallest absolute Gasteiger partial charge is 0.275 e. The zero-order chi connectivity index (χ0) is 32.4. The molecular formula is C34H43Cl2N7O2. The summed E-state index contributed by atoms with van der Waals surface area (Å²) in [5, 5.41) is 17.4. The van der Waals surface area contributed by atoms with E-state index in [0.717, 1.165) is 50.5 Å². The molecule has 1 aromatic heterocycles. The van der Waals surface area contributed by atoms with E-state index in [1.165, 1.54) is 0 Å². The van der Waals surface area contributed by atoms with Crippen molar-refractivity contribution in [3.8, 4) is 0 Å². The maximum absolute atomic E-state index is 14.6. The average molecular weight is 653 g/mol. The number of aromatic nitrogens is 4. The van der Waals surface area contributed by atoms with E-state index in [1.54, 1.807) is 18.2 Å². The van der Waals surface area contributed by atoms with Crippen LogP contribution in [-0.2, 0) is 11.3 Å². The van der Waals surface area contributed by atoms with Crippen LogP contribution in [0.15, 0.2) is 47.5 Å². The summed E-state index contributed by atoms with van der Waals surface area (Å²) < 4.78 is 0. The molecule has 11 heteroatoms. The number of rotatable bonds is 11. The molecule has 1 spiro atoms. The van der Waals surface area contributed by atoms with Gasteiger partial charge in [-0.05, 0) is 91.7 Å². The lowest BCUT2D eigenvalue weighted by Gasteiger charge is -2.48. The third-order valence-corrected chi connectivity index (χ3v) is 10.2. The van der Waals surface area contributed by atoms with Gasteiger partial charge in [-0.25, -0.2) is 0 Å². The fourth-order valence-corrected chi connectivity index (χ4v) is 7.26. The van der Waals surface area contributed by atoms with Crippen LogP contribution in [0.5, 0.6) is 0 Å². The van der Waals surface area contributed by atoms with Crippen molar-refractivity contribution in [2.45, 2.75) is 97.8 Å². The summed E-state index contributed by atoms with van der Waals surface area (Å²) in [6, 6.07) is 12.6. The number of nitrogens with zero attached hydrogens (tertiary/aromatic N) is 5. The van der Waals surface area contributed by atoms with Gasteiger partial charge in [0, 0.05) is 21.2 Å². The lowest BCUT2D eigenvalue weighted by atomic mass is 9.67. The molecule has 0 saturated heterocycles. The first-order valence-corrected chi connectivity index (χ1v) is 16.7. The molecule has 2 N–H and O–H groups in total. The number of H-pyrrole nitrogens is 1. The molecule has 1 atom stereocenters. The number of hydrogen-bond acceptors (Lipinski definition) is 6. The molecule has 5 rings (SSSR count). The van der Waals surface area contributed by atoms with Crippen LogP contribution in [-0.4, -0.2) is 48.7 Å². The molecule has 1 fully saturated rings. The van der Waals surface area contributed by atoms with Gasteiger partial charge in [-0.15, -0.1) is 10.2 Å². The highest BCUT2D eigenvalue weighted by Crippen LogP contribution is 2.51. The lowest BCUT2D eigenvalue weighted by molar-refractivity contribution is -0.134. The highest BCUT2D eigenvalue weighted by molar-refractivity contribution is 6.47. The molecule has 2 aromatic carbocycles. The van der Waals surface area contributed by atoms with Gasteiger partial charge in [0.15, 0.2) is 5.82 Å². The van der Waals surface area contributed by atoms with Crippen molar-refractivity contribution in [1.82, 2.24) is 30.8 Å². The SMILES string of the molecule is CCC(C)(C)C1CCC2(CC1)N=C(c1cc(Cl)cc(Cl)c1)C(=O)N2C(CCC(C)C)c1ccc(C(=O)NCc2nn[nH]n2)cc1. The van der Waals surface area contributed by atoms with Crippen LogP contribution in [0.25, 0.3) is 0 Å². The normalized spacial score (nSPS) is 21.0. The minimum Gasteiger partial charge on any atom is -0.345 e. The van der Waals surface area contributed by atoms with Gasteiger partial charge in [0.25, 0.3) is 11.8 Å². The number of hydrogen-bond donors (Lipinski definition) is 2. The van der Waals surface area contributed by atoms with Crippen molar-refractivity contribution in [3.63, 3.8) is 0 Å². The Morgan fingerprint density at radius 2 is 1.76 bits per heavy atom. The molecule has 1 unspecified atom stereocenters. The predicted octanol–water partition coefficient (Wildman–Crippen LogP) is 7.57. The number of halogens is 2. The summed E-state index contributed by atoms with van der Waals surface area (Å²) in [7, 11) is 0. The standard InChI is InChI=1S/C34H43Cl2N7O2/c1-6-33(4,5)25-13-15-34(16-14-25)38-30(24-17-26(35)19-27(36)18-24)32(45)43(34)28(12-7-21(2)3)22-8-10-23(11-9-22)31(44)37-20-29-39-41-42-40-29/h8-11,17-19,21,25,28H,6-7,12-16,20H2,1-5H3,(H,37,44)(H,39,40,41,42). The van der Waals surface area contributed by atoms with Gasteiger partial charge in [-0.1, -0.05) is 81.6 Å². The number of nitrogens with one attached hydrogen (secondary N) is 2. The van der Waals surface area contributed by atoms with Gasteiger partial charge in [0.2, 0.25) is 0 Å². The van der Waals surface area contributed by atoms with Crippen molar-refractivity contribution in [1.29, 1.82) is 0 Å².